The fraction of sp³-hybridized carbons (Fsp3) is 0.667. The van der Waals surface area contributed by atoms with Crippen LogP contribution in [0.25, 0.3) is 0 Å². The molecule has 0 fully saturated rings. The molecule has 0 aromatic carbocycles. The van der Waals surface area contributed by atoms with Gasteiger partial charge in [-0.1, -0.05) is 0 Å². The average molecular weight is 250 g/mol. The van der Waals surface area contributed by atoms with Crippen molar-refractivity contribution in [1.82, 2.24) is 0 Å². The van der Waals surface area contributed by atoms with Crippen LogP contribution in [0.5, 0.6) is 0 Å². The number of rotatable bonds is 1. The van der Waals surface area contributed by atoms with Gasteiger partial charge in [-0.25, -0.2) is 0 Å². The lowest BCUT2D eigenvalue weighted by Crippen LogP contribution is -2.37. The van der Waals surface area contributed by atoms with E-state index in [9.17, 15) is 31.1 Å². The fourth-order valence-electron chi connectivity index (χ4n) is 0.111. The molecular formula is C9H12F6O. The minimum absolute atomic E-state index is 0.0926. The zero-order valence-corrected chi connectivity index (χ0v) is 9.18. The molecule has 1 nitrogen and oxygen atoms in total. The van der Waals surface area contributed by atoms with Crippen molar-refractivity contribution >= 4 is 6.04 Å². The first-order valence-electron chi connectivity index (χ1n) is 4.09. The third-order valence-corrected chi connectivity index (χ3v) is 1.58. The molecule has 0 heterocycles. The molecule has 0 rings (SSSR count). The fourth-order valence-corrected chi connectivity index (χ4v) is 0.111. The molecule has 0 N–H and O–H groups in total. The van der Waals surface area contributed by atoms with Crippen LogP contribution in [0.1, 0.15) is 27.7 Å². The molecule has 7 heteroatoms. The number of carbonyl (C=O) groups excluding carboxylic acids is 1. The van der Waals surface area contributed by atoms with Gasteiger partial charge in [-0.15, -0.1) is 0 Å². The van der Waals surface area contributed by atoms with Gasteiger partial charge < -0.3 is 0 Å². The van der Waals surface area contributed by atoms with E-state index in [2.05, 4.69) is 0 Å². The summed E-state index contributed by atoms with van der Waals surface area (Å²) >= 11 is 0. The first-order chi connectivity index (χ1) is 6.84. The van der Waals surface area contributed by atoms with E-state index in [0.717, 1.165) is 0 Å². The zero-order valence-electron chi connectivity index (χ0n) is 9.18. The van der Waals surface area contributed by atoms with E-state index in [-0.39, 0.29) is 5.57 Å². The van der Waals surface area contributed by atoms with Gasteiger partial charge in [-0.05, 0) is 33.3 Å². The van der Waals surface area contributed by atoms with Gasteiger partial charge in [-0.3, -0.25) is 4.79 Å². The number of carbonyl (C=O) groups is 1. The molecule has 0 aromatic heterocycles. The Labute approximate surface area is 89.1 Å². The van der Waals surface area contributed by atoms with Crippen LogP contribution in [0.3, 0.4) is 0 Å². The molecule has 96 valence electrons. The Balaban J connectivity index is 0. The topological polar surface area (TPSA) is 17.1 Å². The monoisotopic (exact) mass is 250 g/mol. The lowest BCUT2D eigenvalue weighted by atomic mass is 9.94. The molecule has 0 unspecified atom stereocenters. The van der Waals surface area contributed by atoms with Crippen molar-refractivity contribution in [2.75, 3.05) is 0 Å². The van der Waals surface area contributed by atoms with Crippen LogP contribution in [0.2, 0.25) is 0 Å². The van der Waals surface area contributed by atoms with Crippen LogP contribution in [0.15, 0.2) is 11.7 Å². The van der Waals surface area contributed by atoms with Gasteiger partial charge in [0, 0.05) is 0 Å². The average Bonchev–Trinajstić information content (AvgIpc) is 2.02. The van der Waals surface area contributed by atoms with Crippen molar-refractivity contribution in [1.29, 1.82) is 0 Å². The predicted octanol–water partition coefficient (Wildman–Crippen LogP) is 4.25. The van der Waals surface area contributed by atoms with E-state index < -0.39 is 23.7 Å². The Morgan fingerprint density at radius 3 is 1.19 bits per heavy atom. The number of hydrogen-bond acceptors (Lipinski definition) is 1. The van der Waals surface area contributed by atoms with E-state index in [1.807, 2.05) is 0 Å². The largest absolute Gasteiger partial charge is 0.403 e. The third kappa shape index (κ3) is 5.77. The maximum atomic E-state index is 11.6. The van der Waals surface area contributed by atoms with E-state index in [4.69, 9.17) is 0 Å². The van der Waals surface area contributed by atoms with Crippen LogP contribution in [-0.2, 0) is 4.79 Å². The lowest BCUT2D eigenvalue weighted by Gasteiger charge is -2.21. The highest BCUT2D eigenvalue weighted by Gasteiger charge is 2.53. The van der Waals surface area contributed by atoms with Crippen molar-refractivity contribution in [2.24, 2.45) is 5.41 Å². The van der Waals surface area contributed by atoms with E-state index >= 15 is 0 Å². The molecular weight excluding hydrogens is 238 g/mol. The number of allylic oxidation sites excluding steroid dienone is 1. The minimum Gasteiger partial charge on any atom is -0.260 e. The van der Waals surface area contributed by atoms with Crippen molar-refractivity contribution in [2.45, 2.75) is 33.9 Å². The standard InChI is InChI=1S/C5H6F4O.C4H6F2/c1-4(2,3(6)10)5(7,8)9;1-3(2)4(5)6/h1-2H3;1-2H3. The highest BCUT2D eigenvalue weighted by atomic mass is 19.4. The molecule has 0 amide bonds. The molecule has 0 saturated heterocycles. The van der Waals surface area contributed by atoms with Gasteiger partial charge >= 0.3 is 12.2 Å². The zero-order chi connectivity index (χ0) is 13.7. The molecule has 0 aliphatic carbocycles. The third-order valence-electron chi connectivity index (χ3n) is 1.58. The Morgan fingerprint density at radius 2 is 1.19 bits per heavy atom. The predicted molar refractivity (Wildman–Crippen MR) is 46.5 cm³/mol. The van der Waals surface area contributed by atoms with Crippen LogP contribution in [0.4, 0.5) is 26.3 Å². The minimum atomic E-state index is -4.81. The second kappa shape index (κ2) is 5.91. The summed E-state index contributed by atoms with van der Waals surface area (Å²) in [6.07, 6.45) is -6.38. The Morgan fingerprint density at radius 1 is 0.938 bits per heavy atom. The molecule has 0 saturated carbocycles. The molecule has 0 bridgehead atoms. The maximum absolute atomic E-state index is 11.6. The molecule has 0 aromatic rings. The summed E-state index contributed by atoms with van der Waals surface area (Å²) in [5.74, 6) is 0. The van der Waals surface area contributed by atoms with Crippen LogP contribution >= 0.6 is 0 Å². The van der Waals surface area contributed by atoms with E-state index in [1.165, 1.54) is 13.8 Å². The SMILES string of the molecule is CC(C)(C(=O)F)C(F)(F)F.CC(C)=C(F)F. The summed E-state index contributed by atoms with van der Waals surface area (Å²) in [6.45, 7) is 3.73. The highest BCUT2D eigenvalue weighted by molar-refractivity contribution is 5.75. The lowest BCUT2D eigenvalue weighted by molar-refractivity contribution is -0.216. The van der Waals surface area contributed by atoms with Crippen molar-refractivity contribution in [3.05, 3.63) is 11.7 Å². The summed E-state index contributed by atoms with van der Waals surface area (Å²) in [6, 6.07) is -2.36. The highest BCUT2D eigenvalue weighted by Crippen LogP contribution is 2.38. The molecule has 0 radical (unpaired) electrons. The van der Waals surface area contributed by atoms with E-state index in [1.54, 1.807) is 0 Å². The van der Waals surface area contributed by atoms with Crippen LogP contribution < -0.4 is 0 Å². The van der Waals surface area contributed by atoms with Gasteiger partial charge in [0.15, 0.2) is 5.41 Å². The molecule has 0 aliphatic heterocycles. The number of halogens is 6. The van der Waals surface area contributed by atoms with Gasteiger partial charge in [0.2, 0.25) is 0 Å². The van der Waals surface area contributed by atoms with Gasteiger partial charge in [-0.2, -0.15) is 26.3 Å². The first kappa shape index (κ1) is 17.4. The maximum Gasteiger partial charge on any atom is 0.403 e. The Bertz CT molecular complexity index is 258. The molecule has 0 spiro atoms. The number of alkyl halides is 3. The normalized spacial score (nSPS) is 11.4. The van der Waals surface area contributed by atoms with Crippen molar-refractivity contribution in [3.8, 4) is 0 Å². The smallest absolute Gasteiger partial charge is 0.260 e. The van der Waals surface area contributed by atoms with E-state index in [0.29, 0.717) is 13.8 Å². The van der Waals surface area contributed by atoms with Gasteiger partial charge in [0.05, 0.1) is 0 Å². The summed E-state index contributed by atoms with van der Waals surface area (Å²) < 4.78 is 68.6. The first-order valence-corrected chi connectivity index (χ1v) is 4.09. The van der Waals surface area contributed by atoms with Crippen molar-refractivity contribution < 1.29 is 31.1 Å². The summed E-state index contributed by atoms with van der Waals surface area (Å²) in [5, 5.41) is 0. The Hall–Kier alpha value is -1.01. The second-order valence-electron chi connectivity index (χ2n) is 3.66. The van der Waals surface area contributed by atoms with Crippen LogP contribution in [-0.4, -0.2) is 12.2 Å². The van der Waals surface area contributed by atoms with Crippen LogP contribution in [0, 0.1) is 5.41 Å². The number of hydrogen-bond donors (Lipinski definition) is 0. The molecule has 0 atom stereocenters. The summed E-state index contributed by atoms with van der Waals surface area (Å²) in [7, 11) is 0. The Kier molecular flexibility index (Phi) is 6.42. The van der Waals surface area contributed by atoms with Crippen molar-refractivity contribution in [3.63, 3.8) is 0 Å². The molecule has 0 aliphatic rings. The summed E-state index contributed by atoms with van der Waals surface area (Å²) in [4.78, 5) is 9.73. The second-order valence-corrected chi connectivity index (χ2v) is 3.66. The quantitative estimate of drug-likeness (QED) is 0.502. The molecule has 16 heavy (non-hydrogen) atoms. The van der Waals surface area contributed by atoms with Gasteiger partial charge in [0.1, 0.15) is 0 Å². The van der Waals surface area contributed by atoms with Gasteiger partial charge in [0.25, 0.3) is 6.08 Å². The summed E-state index contributed by atoms with van der Waals surface area (Å²) in [5.41, 5.74) is -2.78.